The van der Waals surface area contributed by atoms with Gasteiger partial charge in [-0.1, -0.05) is 38.1 Å². The van der Waals surface area contributed by atoms with Gasteiger partial charge in [0.1, 0.15) is 0 Å². The van der Waals surface area contributed by atoms with Gasteiger partial charge in [0.25, 0.3) is 0 Å². The number of benzene rings is 2. The Balaban J connectivity index is 0.00000109. The van der Waals surface area contributed by atoms with E-state index in [4.69, 9.17) is 0 Å². The number of alkyl halides is 3. The minimum absolute atomic E-state index is 0.502. The van der Waals surface area contributed by atoms with Crippen LogP contribution in [0.5, 0.6) is 0 Å². The molecule has 3 aromatic rings. The number of aromatic nitrogens is 2. The van der Waals surface area contributed by atoms with Crippen LogP contribution >= 0.6 is 0 Å². The van der Waals surface area contributed by atoms with Crippen LogP contribution < -0.4 is 5.32 Å². The molecule has 0 radical (unpaired) electrons. The summed E-state index contributed by atoms with van der Waals surface area (Å²) in [6.07, 6.45) is -0.323. The van der Waals surface area contributed by atoms with Gasteiger partial charge in [-0.2, -0.15) is 13.2 Å². The lowest BCUT2D eigenvalue weighted by molar-refractivity contribution is -0.137. The molecule has 2 heterocycles. The van der Waals surface area contributed by atoms with E-state index in [-0.39, 0.29) is 0 Å². The molecule has 0 fully saturated rings. The van der Waals surface area contributed by atoms with Crippen LogP contribution in [0.3, 0.4) is 0 Å². The molecule has 0 unspecified atom stereocenters. The molecule has 6 heteroatoms. The predicted octanol–water partition coefficient (Wildman–Crippen LogP) is 5.54. The highest BCUT2D eigenvalue weighted by molar-refractivity contribution is 5.77. The van der Waals surface area contributed by atoms with E-state index in [1.807, 2.05) is 32.9 Å². The summed E-state index contributed by atoms with van der Waals surface area (Å²) in [5.74, 6) is 0. The zero-order chi connectivity index (χ0) is 20.3. The molecule has 0 saturated carbocycles. The van der Waals surface area contributed by atoms with Crippen LogP contribution in [-0.2, 0) is 19.1 Å². The Kier molecular flexibility index (Phi) is 5.89. The van der Waals surface area contributed by atoms with Crippen LogP contribution in [0.2, 0.25) is 0 Å². The van der Waals surface area contributed by atoms with Crippen molar-refractivity contribution in [1.29, 1.82) is 0 Å². The average molecular weight is 387 g/mol. The summed E-state index contributed by atoms with van der Waals surface area (Å²) in [6, 6.07) is 9.97. The van der Waals surface area contributed by atoms with E-state index >= 15 is 0 Å². The number of imidazole rings is 1. The van der Waals surface area contributed by atoms with Crippen LogP contribution in [0.15, 0.2) is 48.9 Å². The highest BCUT2D eigenvalue weighted by atomic mass is 19.4. The molecule has 4 rings (SSSR count). The van der Waals surface area contributed by atoms with Gasteiger partial charge in [-0.15, -0.1) is 0 Å². The first kappa shape index (κ1) is 20.1. The average Bonchev–Trinajstić information content (AvgIpc) is 3.14. The zero-order valence-electron chi connectivity index (χ0n) is 16.3. The fourth-order valence-electron chi connectivity index (χ4n) is 3.53. The van der Waals surface area contributed by atoms with Gasteiger partial charge in [-0.05, 0) is 48.7 Å². The van der Waals surface area contributed by atoms with E-state index in [0.717, 1.165) is 42.4 Å². The molecule has 3 nitrogen and oxygen atoms in total. The fourth-order valence-corrected chi connectivity index (χ4v) is 3.53. The molecule has 1 aliphatic rings. The maximum atomic E-state index is 13.3. The van der Waals surface area contributed by atoms with Gasteiger partial charge in [0.2, 0.25) is 0 Å². The molecule has 2 aromatic carbocycles. The number of halogens is 3. The van der Waals surface area contributed by atoms with Gasteiger partial charge in [0, 0.05) is 24.0 Å². The highest BCUT2D eigenvalue weighted by Gasteiger charge is 2.31. The van der Waals surface area contributed by atoms with Crippen molar-refractivity contribution in [3.63, 3.8) is 0 Å². The van der Waals surface area contributed by atoms with E-state index in [9.17, 15) is 13.2 Å². The van der Waals surface area contributed by atoms with Gasteiger partial charge in [-0.3, -0.25) is 0 Å². The Hall–Kier alpha value is -2.60. The van der Waals surface area contributed by atoms with Gasteiger partial charge in [-0.25, -0.2) is 4.98 Å². The van der Waals surface area contributed by atoms with Crippen molar-refractivity contribution in [3.8, 4) is 16.8 Å². The number of aryl methyl sites for hydroxylation is 1. The summed E-state index contributed by atoms with van der Waals surface area (Å²) in [7, 11) is 0. The van der Waals surface area contributed by atoms with Crippen LogP contribution in [0.1, 0.15) is 36.2 Å². The van der Waals surface area contributed by atoms with E-state index in [1.165, 1.54) is 17.2 Å². The molecule has 0 bridgehead atoms. The number of hydrogen-bond donors (Lipinski definition) is 1. The lowest BCUT2D eigenvalue weighted by atomic mass is 9.90. The second-order valence-corrected chi connectivity index (χ2v) is 6.50. The summed E-state index contributed by atoms with van der Waals surface area (Å²) >= 11 is 0. The summed E-state index contributed by atoms with van der Waals surface area (Å²) in [5.41, 5.74) is 4.81. The lowest BCUT2D eigenvalue weighted by Crippen LogP contribution is -2.24. The minimum atomic E-state index is -4.39. The third-order valence-electron chi connectivity index (χ3n) is 4.84. The Morgan fingerprint density at radius 2 is 1.86 bits per heavy atom. The molecule has 0 spiro atoms. The third kappa shape index (κ3) is 3.83. The Bertz CT molecular complexity index is 958. The van der Waals surface area contributed by atoms with E-state index < -0.39 is 11.7 Å². The predicted molar refractivity (Wildman–Crippen MR) is 105 cm³/mol. The second kappa shape index (κ2) is 8.19. The summed E-state index contributed by atoms with van der Waals surface area (Å²) in [4.78, 5) is 4.08. The molecule has 1 N–H and O–H groups in total. The minimum Gasteiger partial charge on any atom is -0.312 e. The number of hydrogen-bond acceptors (Lipinski definition) is 2. The molecular weight excluding hydrogens is 363 g/mol. The van der Waals surface area contributed by atoms with Crippen LogP contribution in [0, 0.1) is 6.92 Å². The van der Waals surface area contributed by atoms with Crippen molar-refractivity contribution < 1.29 is 13.2 Å². The molecule has 0 saturated heterocycles. The summed E-state index contributed by atoms with van der Waals surface area (Å²) < 4.78 is 41.6. The van der Waals surface area contributed by atoms with Crippen LogP contribution in [-0.4, -0.2) is 16.1 Å². The van der Waals surface area contributed by atoms with E-state index in [2.05, 4.69) is 16.4 Å². The van der Waals surface area contributed by atoms with E-state index in [0.29, 0.717) is 5.69 Å². The lowest BCUT2D eigenvalue weighted by Gasteiger charge is -2.23. The second-order valence-electron chi connectivity index (χ2n) is 6.50. The monoisotopic (exact) mass is 387 g/mol. The summed E-state index contributed by atoms with van der Waals surface area (Å²) in [5, 5.41) is 3.34. The maximum absolute atomic E-state index is 13.3. The molecule has 0 aliphatic carbocycles. The van der Waals surface area contributed by atoms with Crippen molar-refractivity contribution >= 4 is 0 Å². The molecule has 1 aromatic heterocycles. The normalized spacial score (nSPS) is 13.5. The fraction of sp³-hybridized carbons (Fsp3) is 0.318. The van der Waals surface area contributed by atoms with Gasteiger partial charge >= 0.3 is 6.18 Å². The maximum Gasteiger partial charge on any atom is 0.416 e. The Labute approximate surface area is 163 Å². The molecule has 0 atom stereocenters. The first-order valence-electron chi connectivity index (χ1n) is 9.47. The molecule has 1 aliphatic heterocycles. The van der Waals surface area contributed by atoms with Crippen molar-refractivity contribution in [3.05, 3.63) is 71.3 Å². The van der Waals surface area contributed by atoms with Gasteiger partial charge < -0.3 is 9.88 Å². The number of nitrogens with zero attached hydrogens (tertiary/aromatic N) is 2. The number of nitrogens with one attached hydrogen (secondary N) is 1. The zero-order valence-corrected chi connectivity index (χ0v) is 16.3. The molecular formula is C22H24F3N3. The topological polar surface area (TPSA) is 29.9 Å². The van der Waals surface area contributed by atoms with Gasteiger partial charge in [0.05, 0.1) is 17.6 Å². The van der Waals surface area contributed by atoms with Crippen LogP contribution in [0.4, 0.5) is 13.2 Å². The van der Waals surface area contributed by atoms with Gasteiger partial charge in [0.15, 0.2) is 0 Å². The van der Waals surface area contributed by atoms with E-state index in [1.54, 1.807) is 23.2 Å². The SMILES string of the molecule is CC.Cc1cncn1-c1cc(C(F)(F)F)ccc1-c1cccc2c1CCNC2. The highest BCUT2D eigenvalue weighted by Crippen LogP contribution is 2.37. The first-order valence-corrected chi connectivity index (χ1v) is 9.47. The standard InChI is InChI=1S/C20H18F3N3.C2H6/c1-13-10-25-12-26(13)19-9-15(20(21,22)23)5-6-18(19)17-4-2-3-14-11-24-8-7-16(14)17;1-2/h2-6,9-10,12,24H,7-8,11H2,1H3;1-2H3. The Morgan fingerprint density at radius 3 is 2.54 bits per heavy atom. The van der Waals surface area contributed by atoms with Crippen molar-refractivity contribution in [2.24, 2.45) is 0 Å². The van der Waals surface area contributed by atoms with Crippen molar-refractivity contribution in [1.82, 2.24) is 14.9 Å². The number of rotatable bonds is 2. The quantitative estimate of drug-likeness (QED) is 0.626. The summed E-state index contributed by atoms with van der Waals surface area (Å²) in [6.45, 7) is 7.48. The van der Waals surface area contributed by atoms with Crippen LogP contribution in [0.25, 0.3) is 16.8 Å². The molecule has 148 valence electrons. The van der Waals surface area contributed by atoms with Crippen molar-refractivity contribution in [2.75, 3.05) is 6.54 Å². The molecule has 28 heavy (non-hydrogen) atoms. The Morgan fingerprint density at radius 1 is 1.07 bits per heavy atom. The smallest absolute Gasteiger partial charge is 0.312 e. The first-order chi connectivity index (χ1) is 13.4. The largest absolute Gasteiger partial charge is 0.416 e. The third-order valence-corrected chi connectivity index (χ3v) is 4.84. The van der Waals surface area contributed by atoms with Crippen molar-refractivity contribution in [2.45, 2.75) is 39.9 Å². The number of fused-ring (bicyclic) bond motifs is 1. The molecule has 0 amide bonds.